The normalized spacial score (nSPS) is 10.5. The van der Waals surface area contributed by atoms with E-state index in [0.717, 1.165) is 7.11 Å². The third-order valence-corrected chi connectivity index (χ3v) is 2.45. The maximum atomic E-state index is 12.6. The quantitative estimate of drug-likeness (QED) is 0.469. The number of hydrogen-bond acceptors (Lipinski definition) is 3. The Hall–Kier alpha value is -0.500. The summed E-state index contributed by atoms with van der Waals surface area (Å²) in [5.41, 5.74) is -0.846. The predicted molar refractivity (Wildman–Crippen MR) is 58.3 cm³/mol. The molecule has 0 amide bonds. The van der Waals surface area contributed by atoms with E-state index in [2.05, 4.69) is 9.72 Å². The van der Waals surface area contributed by atoms with Crippen LogP contribution in [0.3, 0.4) is 0 Å². The molecule has 3 nitrogen and oxygen atoms in total. The van der Waals surface area contributed by atoms with Gasteiger partial charge in [-0.3, -0.25) is 0 Å². The van der Waals surface area contributed by atoms with Crippen LogP contribution in [0.5, 0.6) is 0 Å². The number of hydrogen-bond donors (Lipinski definition) is 0. The van der Waals surface area contributed by atoms with Crippen molar-refractivity contribution in [2.24, 2.45) is 0 Å². The predicted octanol–water partition coefficient (Wildman–Crippen LogP) is 3.06. The van der Waals surface area contributed by atoms with E-state index in [1.54, 1.807) is 22.6 Å². The van der Waals surface area contributed by atoms with Crippen molar-refractivity contribution in [3.63, 3.8) is 0 Å². The number of alkyl halides is 2. The molecule has 0 saturated heterocycles. The van der Waals surface area contributed by atoms with Crippen LogP contribution in [-0.2, 0) is 4.74 Å². The van der Waals surface area contributed by atoms with Crippen molar-refractivity contribution in [2.75, 3.05) is 7.11 Å². The number of rotatable bonds is 2. The number of pyridine rings is 1. The molecule has 0 N–H and O–H groups in total. The van der Waals surface area contributed by atoms with Crippen LogP contribution < -0.4 is 0 Å². The molecule has 82 valence electrons. The molecule has 1 rings (SSSR count). The van der Waals surface area contributed by atoms with Crippen molar-refractivity contribution in [1.29, 1.82) is 0 Å². The van der Waals surface area contributed by atoms with Crippen LogP contribution in [0.2, 0.25) is 5.15 Å². The first-order chi connectivity index (χ1) is 6.97. The topological polar surface area (TPSA) is 39.2 Å². The van der Waals surface area contributed by atoms with Crippen LogP contribution in [0.15, 0.2) is 6.07 Å². The molecular weight excluding hydrogens is 342 g/mol. The number of aromatic nitrogens is 1. The van der Waals surface area contributed by atoms with Gasteiger partial charge in [0.15, 0.2) is 0 Å². The number of nitrogens with zero attached hydrogens (tertiary/aromatic N) is 1. The van der Waals surface area contributed by atoms with Gasteiger partial charge in [-0.25, -0.2) is 18.6 Å². The molecule has 1 aromatic heterocycles. The first-order valence-electron chi connectivity index (χ1n) is 3.69. The molecule has 0 aliphatic carbocycles. The molecule has 0 aromatic carbocycles. The van der Waals surface area contributed by atoms with E-state index in [1.165, 1.54) is 6.07 Å². The number of esters is 1. The molecule has 0 aliphatic heterocycles. The smallest absolute Gasteiger partial charge is 0.338 e. The van der Waals surface area contributed by atoms with Gasteiger partial charge in [-0.2, -0.15) is 0 Å². The van der Waals surface area contributed by atoms with Crippen LogP contribution in [0, 0.1) is 3.70 Å². The first kappa shape index (κ1) is 12.6. The van der Waals surface area contributed by atoms with Gasteiger partial charge in [0.25, 0.3) is 6.43 Å². The number of ether oxygens (including phenoxy) is 1. The SMILES string of the molecule is COC(=O)c1cc(I)nc(Cl)c1C(F)F. The summed E-state index contributed by atoms with van der Waals surface area (Å²) in [7, 11) is 1.11. The fourth-order valence-corrected chi connectivity index (χ4v) is 1.95. The number of carbonyl (C=O) groups is 1. The van der Waals surface area contributed by atoms with Crippen LogP contribution in [0.1, 0.15) is 22.3 Å². The van der Waals surface area contributed by atoms with Crippen molar-refractivity contribution >= 4 is 40.2 Å². The van der Waals surface area contributed by atoms with Crippen molar-refractivity contribution in [2.45, 2.75) is 6.43 Å². The summed E-state index contributed by atoms with van der Waals surface area (Å²) >= 11 is 7.30. The van der Waals surface area contributed by atoms with Gasteiger partial charge in [0.1, 0.15) is 8.85 Å². The lowest BCUT2D eigenvalue weighted by Gasteiger charge is -2.08. The zero-order chi connectivity index (χ0) is 11.6. The summed E-state index contributed by atoms with van der Waals surface area (Å²) in [6.07, 6.45) is -2.86. The molecule has 1 aromatic rings. The van der Waals surface area contributed by atoms with E-state index in [1.807, 2.05) is 0 Å². The van der Waals surface area contributed by atoms with Crippen molar-refractivity contribution in [3.8, 4) is 0 Å². The number of carbonyl (C=O) groups excluding carboxylic acids is 1. The lowest BCUT2D eigenvalue weighted by atomic mass is 10.1. The zero-order valence-electron chi connectivity index (χ0n) is 7.43. The van der Waals surface area contributed by atoms with E-state index in [9.17, 15) is 13.6 Å². The Morgan fingerprint density at radius 1 is 1.67 bits per heavy atom. The molecule has 0 radical (unpaired) electrons. The highest BCUT2D eigenvalue weighted by molar-refractivity contribution is 14.1. The summed E-state index contributed by atoms with van der Waals surface area (Å²) in [5.74, 6) is -0.854. The number of halogens is 4. The van der Waals surface area contributed by atoms with Gasteiger partial charge < -0.3 is 4.74 Å². The third-order valence-electron chi connectivity index (χ3n) is 1.60. The standard InChI is InChI=1S/C8H5ClF2INO2/c1-15-8(14)3-2-4(12)13-6(9)5(3)7(10)11/h2,7H,1H3. The average Bonchev–Trinajstić information content (AvgIpc) is 2.14. The lowest BCUT2D eigenvalue weighted by molar-refractivity contribution is 0.0589. The minimum Gasteiger partial charge on any atom is -0.465 e. The molecule has 0 saturated carbocycles. The molecule has 0 spiro atoms. The van der Waals surface area contributed by atoms with Gasteiger partial charge in [0, 0.05) is 0 Å². The van der Waals surface area contributed by atoms with Crippen LogP contribution >= 0.6 is 34.2 Å². The summed E-state index contributed by atoms with van der Waals surface area (Å²) in [5, 5.41) is -0.377. The zero-order valence-corrected chi connectivity index (χ0v) is 10.3. The van der Waals surface area contributed by atoms with E-state index in [0.29, 0.717) is 3.70 Å². The Labute approximate surface area is 103 Å². The van der Waals surface area contributed by atoms with E-state index < -0.39 is 18.0 Å². The van der Waals surface area contributed by atoms with Crippen LogP contribution in [-0.4, -0.2) is 18.1 Å². The van der Waals surface area contributed by atoms with Crippen molar-refractivity contribution < 1.29 is 18.3 Å². The second kappa shape index (κ2) is 5.02. The van der Waals surface area contributed by atoms with Gasteiger partial charge in [0.2, 0.25) is 0 Å². The molecule has 0 bridgehead atoms. The van der Waals surface area contributed by atoms with Crippen molar-refractivity contribution in [1.82, 2.24) is 4.98 Å². The molecule has 15 heavy (non-hydrogen) atoms. The van der Waals surface area contributed by atoms with Gasteiger partial charge in [-0.15, -0.1) is 0 Å². The Balaban J connectivity index is 3.40. The first-order valence-corrected chi connectivity index (χ1v) is 5.15. The molecule has 1 heterocycles. The molecule has 0 unspecified atom stereocenters. The fraction of sp³-hybridized carbons (Fsp3) is 0.250. The largest absolute Gasteiger partial charge is 0.465 e. The molecule has 0 atom stereocenters. The van der Waals surface area contributed by atoms with Gasteiger partial charge >= 0.3 is 5.97 Å². The highest BCUT2D eigenvalue weighted by Crippen LogP contribution is 2.30. The molecular formula is C8H5ClF2INO2. The maximum Gasteiger partial charge on any atom is 0.338 e. The molecule has 7 heteroatoms. The maximum absolute atomic E-state index is 12.6. The van der Waals surface area contributed by atoms with E-state index >= 15 is 0 Å². The highest BCUT2D eigenvalue weighted by atomic mass is 127. The second-order valence-corrected chi connectivity index (χ2v) is 3.95. The van der Waals surface area contributed by atoms with Gasteiger partial charge in [-0.1, -0.05) is 11.6 Å². The highest BCUT2D eigenvalue weighted by Gasteiger charge is 2.24. The fourth-order valence-electron chi connectivity index (χ4n) is 0.981. The average molecular weight is 347 g/mol. The van der Waals surface area contributed by atoms with Gasteiger partial charge in [0.05, 0.1) is 18.2 Å². The monoisotopic (exact) mass is 347 g/mol. The van der Waals surface area contributed by atoms with Crippen molar-refractivity contribution in [3.05, 3.63) is 26.0 Å². The Kier molecular flexibility index (Phi) is 4.21. The van der Waals surface area contributed by atoms with E-state index in [4.69, 9.17) is 11.6 Å². The van der Waals surface area contributed by atoms with Crippen LogP contribution in [0.4, 0.5) is 8.78 Å². The second-order valence-electron chi connectivity index (χ2n) is 2.49. The van der Waals surface area contributed by atoms with Crippen LogP contribution in [0.25, 0.3) is 0 Å². The summed E-state index contributed by atoms with van der Waals surface area (Å²) < 4.78 is 29.9. The Morgan fingerprint density at radius 3 is 2.73 bits per heavy atom. The minimum atomic E-state index is -2.86. The number of methoxy groups -OCH3 is 1. The minimum absolute atomic E-state index is 0.253. The Morgan fingerprint density at radius 2 is 2.27 bits per heavy atom. The van der Waals surface area contributed by atoms with E-state index in [-0.39, 0.29) is 10.7 Å². The molecule has 0 aliphatic rings. The third kappa shape index (κ3) is 2.75. The summed E-state index contributed by atoms with van der Waals surface area (Å²) in [6.45, 7) is 0. The Bertz CT molecular complexity index is 400. The summed E-state index contributed by atoms with van der Waals surface area (Å²) in [6, 6.07) is 1.21. The lowest BCUT2D eigenvalue weighted by Crippen LogP contribution is -2.08. The van der Waals surface area contributed by atoms with Gasteiger partial charge in [-0.05, 0) is 28.7 Å². The summed E-state index contributed by atoms with van der Waals surface area (Å²) in [4.78, 5) is 14.8. The molecule has 0 fully saturated rings.